The van der Waals surface area contributed by atoms with Gasteiger partial charge in [0.05, 0.1) is 5.56 Å². The number of nitrogens with one attached hydrogen (secondary N) is 1. The summed E-state index contributed by atoms with van der Waals surface area (Å²) in [6, 6.07) is 8.32. The number of rotatable bonds is 4. The predicted molar refractivity (Wildman–Crippen MR) is 83.1 cm³/mol. The molecule has 1 aromatic carbocycles. The molecular formula is C14H10BrNO3S. The largest absolute Gasteiger partial charge is 0.478 e. The molecule has 0 saturated heterocycles. The van der Waals surface area contributed by atoms with Crippen molar-refractivity contribution in [2.75, 3.05) is 5.32 Å². The third-order valence-electron chi connectivity index (χ3n) is 2.35. The number of anilines is 1. The van der Waals surface area contributed by atoms with Crippen LogP contribution in [0.3, 0.4) is 0 Å². The minimum Gasteiger partial charge on any atom is -0.478 e. The summed E-state index contributed by atoms with van der Waals surface area (Å²) in [5.74, 6) is -1.36. The topological polar surface area (TPSA) is 66.4 Å². The Bertz CT molecular complexity index is 665. The number of carboxylic acid groups (broad SMARTS) is 1. The Labute approximate surface area is 127 Å². The van der Waals surface area contributed by atoms with Gasteiger partial charge in [-0.1, -0.05) is 22.0 Å². The van der Waals surface area contributed by atoms with E-state index in [4.69, 9.17) is 5.11 Å². The lowest BCUT2D eigenvalue weighted by Crippen LogP contribution is -2.08. The molecule has 0 bridgehead atoms. The van der Waals surface area contributed by atoms with Crippen LogP contribution in [-0.4, -0.2) is 17.0 Å². The predicted octanol–water partition coefficient (Wildman–Crippen LogP) is 3.86. The maximum Gasteiger partial charge on any atom is 0.335 e. The fraction of sp³-hybridized carbons (Fsp3) is 0. The van der Waals surface area contributed by atoms with Crippen molar-refractivity contribution < 1.29 is 14.7 Å². The molecule has 2 N–H and O–H groups in total. The first-order valence-electron chi connectivity index (χ1n) is 5.61. The van der Waals surface area contributed by atoms with E-state index in [9.17, 15) is 9.59 Å². The van der Waals surface area contributed by atoms with Gasteiger partial charge in [0.25, 0.3) is 0 Å². The van der Waals surface area contributed by atoms with Crippen LogP contribution in [-0.2, 0) is 4.79 Å². The lowest BCUT2D eigenvalue weighted by Gasteiger charge is -2.04. The van der Waals surface area contributed by atoms with E-state index in [0.29, 0.717) is 10.2 Å². The molecule has 0 fully saturated rings. The van der Waals surface area contributed by atoms with Crippen LogP contribution in [0.2, 0.25) is 0 Å². The molecule has 102 valence electrons. The average molecular weight is 352 g/mol. The first-order chi connectivity index (χ1) is 9.54. The van der Waals surface area contributed by atoms with Crippen molar-refractivity contribution in [2.24, 2.45) is 0 Å². The molecule has 1 heterocycles. The second kappa shape index (κ2) is 6.49. The monoisotopic (exact) mass is 351 g/mol. The van der Waals surface area contributed by atoms with Gasteiger partial charge in [-0.25, -0.2) is 4.79 Å². The molecule has 1 amide bonds. The summed E-state index contributed by atoms with van der Waals surface area (Å²) in [5.41, 5.74) is 0.537. The van der Waals surface area contributed by atoms with Gasteiger partial charge >= 0.3 is 5.97 Å². The Morgan fingerprint density at radius 1 is 1.30 bits per heavy atom. The Kier molecular flexibility index (Phi) is 4.70. The van der Waals surface area contributed by atoms with Crippen molar-refractivity contribution in [3.05, 3.63) is 56.7 Å². The number of carbonyl (C=O) groups is 2. The Balaban J connectivity index is 2.09. The van der Waals surface area contributed by atoms with Gasteiger partial charge < -0.3 is 10.4 Å². The zero-order chi connectivity index (χ0) is 14.5. The Morgan fingerprint density at radius 2 is 2.10 bits per heavy atom. The molecule has 0 aliphatic heterocycles. The van der Waals surface area contributed by atoms with Gasteiger partial charge in [0.1, 0.15) is 0 Å². The number of amides is 1. The highest BCUT2D eigenvalue weighted by Gasteiger charge is 2.07. The van der Waals surface area contributed by atoms with Crippen LogP contribution < -0.4 is 5.32 Å². The number of thiophene rings is 1. The van der Waals surface area contributed by atoms with Gasteiger partial charge in [0, 0.05) is 21.1 Å². The summed E-state index contributed by atoms with van der Waals surface area (Å²) in [6.07, 6.45) is 3.11. The molecule has 0 saturated carbocycles. The fourth-order valence-corrected chi connectivity index (χ4v) is 2.62. The minimum absolute atomic E-state index is 0.108. The second-order valence-corrected chi connectivity index (χ2v) is 5.77. The average Bonchev–Trinajstić information content (AvgIpc) is 2.88. The van der Waals surface area contributed by atoms with E-state index < -0.39 is 5.97 Å². The third kappa shape index (κ3) is 4.04. The molecular weight excluding hydrogens is 342 g/mol. The summed E-state index contributed by atoms with van der Waals surface area (Å²) < 4.78 is 0.593. The van der Waals surface area contributed by atoms with E-state index in [1.165, 1.54) is 29.5 Å². The summed E-state index contributed by atoms with van der Waals surface area (Å²) in [5, 5.41) is 13.5. The zero-order valence-electron chi connectivity index (χ0n) is 10.2. The normalized spacial score (nSPS) is 10.7. The van der Waals surface area contributed by atoms with Crippen LogP contribution in [0.15, 0.2) is 46.3 Å². The SMILES string of the molecule is O=C(/C=C/c1cccs1)Nc1cc(Br)cc(C(=O)O)c1. The van der Waals surface area contributed by atoms with Crippen LogP contribution in [0.5, 0.6) is 0 Å². The maximum atomic E-state index is 11.7. The first kappa shape index (κ1) is 14.5. The standard InChI is InChI=1S/C14H10BrNO3S/c15-10-6-9(14(18)19)7-11(8-10)16-13(17)4-3-12-2-1-5-20-12/h1-8H,(H,16,17)(H,18,19)/b4-3+. The van der Waals surface area contributed by atoms with Crippen LogP contribution in [0.25, 0.3) is 6.08 Å². The molecule has 0 atom stereocenters. The third-order valence-corrected chi connectivity index (χ3v) is 3.65. The van der Waals surface area contributed by atoms with Gasteiger partial charge in [-0.3, -0.25) is 4.79 Å². The van der Waals surface area contributed by atoms with Crippen molar-refractivity contribution in [2.45, 2.75) is 0 Å². The molecule has 20 heavy (non-hydrogen) atoms. The van der Waals surface area contributed by atoms with Crippen LogP contribution >= 0.6 is 27.3 Å². The van der Waals surface area contributed by atoms with E-state index in [0.717, 1.165) is 4.88 Å². The molecule has 2 aromatic rings. The van der Waals surface area contributed by atoms with Gasteiger partial charge in [0.15, 0.2) is 0 Å². The molecule has 4 nitrogen and oxygen atoms in total. The van der Waals surface area contributed by atoms with Gasteiger partial charge in [-0.2, -0.15) is 0 Å². The number of halogens is 1. The Hall–Kier alpha value is -1.92. The zero-order valence-corrected chi connectivity index (χ0v) is 12.6. The van der Waals surface area contributed by atoms with E-state index in [-0.39, 0.29) is 11.5 Å². The fourth-order valence-electron chi connectivity index (χ4n) is 1.51. The van der Waals surface area contributed by atoms with E-state index >= 15 is 0 Å². The second-order valence-electron chi connectivity index (χ2n) is 3.87. The number of carbonyl (C=O) groups excluding carboxylic acids is 1. The summed E-state index contributed by atoms with van der Waals surface area (Å²) in [4.78, 5) is 23.6. The molecule has 0 aliphatic rings. The molecule has 0 spiro atoms. The first-order valence-corrected chi connectivity index (χ1v) is 7.28. The quantitative estimate of drug-likeness (QED) is 0.821. The summed E-state index contributed by atoms with van der Waals surface area (Å²) in [7, 11) is 0. The molecule has 1 aromatic heterocycles. The molecule has 6 heteroatoms. The van der Waals surface area contributed by atoms with Crippen LogP contribution in [0.1, 0.15) is 15.2 Å². The van der Waals surface area contributed by atoms with Crippen molar-refractivity contribution in [1.82, 2.24) is 0 Å². The minimum atomic E-state index is -1.05. The number of aromatic carboxylic acids is 1. The highest BCUT2D eigenvalue weighted by molar-refractivity contribution is 9.10. The summed E-state index contributed by atoms with van der Waals surface area (Å²) in [6.45, 7) is 0. The number of hydrogen-bond acceptors (Lipinski definition) is 3. The molecule has 0 aliphatic carbocycles. The van der Waals surface area contributed by atoms with E-state index in [2.05, 4.69) is 21.2 Å². The van der Waals surface area contributed by atoms with E-state index in [1.54, 1.807) is 12.1 Å². The maximum absolute atomic E-state index is 11.7. The van der Waals surface area contributed by atoms with Gasteiger partial charge in [-0.15, -0.1) is 11.3 Å². The Morgan fingerprint density at radius 3 is 2.75 bits per heavy atom. The highest BCUT2D eigenvalue weighted by Crippen LogP contribution is 2.20. The van der Waals surface area contributed by atoms with Crippen LogP contribution in [0, 0.1) is 0 Å². The van der Waals surface area contributed by atoms with E-state index in [1.807, 2.05) is 17.5 Å². The van der Waals surface area contributed by atoms with Crippen molar-refractivity contribution in [3.8, 4) is 0 Å². The van der Waals surface area contributed by atoms with Crippen molar-refractivity contribution >= 4 is 50.9 Å². The molecule has 0 unspecified atom stereocenters. The molecule has 2 rings (SSSR count). The van der Waals surface area contributed by atoms with Crippen molar-refractivity contribution in [1.29, 1.82) is 0 Å². The lowest BCUT2D eigenvalue weighted by atomic mass is 10.2. The smallest absolute Gasteiger partial charge is 0.335 e. The van der Waals surface area contributed by atoms with Gasteiger partial charge in [-0.05, 0) is 35.7 Å². The number of carboxylic acids is 1. The van der Waals surface area contributed by atoms with Crippen molar-refractivity contribution in [3.63, 3.8) is 0 Å². The highest BCUT2D eigenvalue weighted by atomic mass is 79.9. The van der Waals surface area contributed by atoms with Crippen LogP contribution in [0.4, 0.5) is 5.69 Å². The number of hydrogen-bond donors (Lipinski definition) is 2. The number of benzene rings is 1. The lowest BCUT2D eigenvalue weighted by molar-refractivity contribution is -0.111. The molecule has 0 radical (unpaired) electrons. The summed E-state index contributed by atoms with van der Waals surface area (Å²) >= 11 is 4.74. The van der Waals surface area contributed by atoms with Gasteiger partial charge in [0.2, 0.25) is 5.91 Å².